The Bertz CT molecular complexity index is 1490. The van der Waals surface area contributed by atoms with E-state index in [1.54, 1.807) is 31.2 Å². The van der Waals surface area contributed by atoms with Crippen molar-refractivity contribution in [1.82, 2.24) is 15.1 Å². The highest BCUT2D eigenvalue weighted by Crippen LogP contribution is 2.48. The lowest BCUT2D eigenvalue weighted by atomic mass is 10.1. The fourth-order valence-electron chi connectivity index (χ4n) is 3.28. The number of carbonyl (C=O) groups excluding carboxylic acids is 1. The second-order valence-electron chi connectivity index (χ2n) is 7.66. The van der Waals surface area contributed by atoms with Crippen LogP contribution in [0.4, 0.5) is 10.5 Å². The lowest BCUT2D eigenvalue weighted by Gasteiger charge is -2.15. The van der Waals surface area contributed by atoms with Gasteiger partial charge in [0.2, 0.25) is 11.7 Å². The number of hydrogen-bond acceptors (Lipinski definition) is 9. The number of benzene rings is 1. The molecule has 1 aromatic carbocycles. The van der Waals surface area contributed by atoms with Crippen molar-refractivity contribution in [2.24, 2.45) is 0 Å². The van der Waals surface area contributed by atoms with Gasteiger partial charge in [-0.1, -0.05) is 46.6 Å². The van der Waals surface area contributed by atoms with Gasteiger partial charge >= 0.3 is 12.1 Å². The minimum absolute atomic E-state index is 0.0108. The zero-order chi connectivity index (χ0) is 24.7. The Hall–Kier alpha value is -4.01. The Morgan fingerprint density at radius 1 is 1.17 bits per heavy atom. The number of hydrogen-bond donors (Lipinski definition) is 2. The first-order chi connectivity index (χ1) is 16.8. The number of aliphatic carboxylic acids is 1. The third-order valence-electron chi connectivity index (χ3n) is 5.33. The van der Waals surface area contributed by atoms with Crippen molar-refractivity contribution in [2.75, 3.05) is 5.32 Å². The van der Waals surface area contributed by atoms with Crippen LogP contribution in [0, 0.1) is 11.8 Å². The minimum Gasteiger partial charge on any atom is -0.480 e. The zero-order valence-electron chi connectivity index (χ0n) is 17.8. The molecule has 3 heterocycles. The Morgan fingerprint density at radius 3 is 2.60 bits per heavy atom. The van der Waals surface area contributed by atoms with Crippen LogP contribution in [-0.4, -0.2) is 32.3 Å². The van der Waals surface area contributed by atoms with E-state index in [1.807, 2.05) is 0 Å². The second-order valence-corrected chi connectivity index (χ2v) is 8.42. The van der Waals surface area contributed by atoms with Crippen molar-refractivity contribution in [3.63, 3.8) is 0 Å². The fraction of sp³-hybridized carbons (Fsp3) is 0.227. The van der Waals surface area contributed by atoms with Crippen LogP contribution in [-0.2, 0) is 14.9 Å². The predicted octanol–water partition coefficient (Wildman–Crippen LogP) is 4.94. The fourth-order valence-corrected chi connectivity index (χ4v) is 3.74. The van der Waals surface area contributed by atoms with E-state index in [1.165, 1.54) is 0 Å². The standard InChI is InChI=1S/C22H14Cl2N4O7/c1-10(11-4-2-3-5-12(11)23)32-21(31)26-15-13(35-28-16(15)24)6-7-14-25-17-18(33-14)27-19(34-17)22(8-9-22)20(29)30/h2-5,10H,8-9H2,1H3,(H,26,31)(H,29,30). The number of nitrogens with one attached hydrogen (secondary N) is 1. The lowest BCUT2D eigenvalue weighted by molar-refractivity contribution is -0.140. The van der Waals surface area contributed by atoms with Crippen molar-refractivity contribution in [1.29, 1.82) is 0 Å². The Labute approximate surface area is 206 Å². The maximum atomic E-state index is 12.4. The van der Waals surface area contributed by atoms with Crippen LogP contribution in [0.5, 0.6) is 0 Å². The third-order valence-corrected chi connectivity index (χ3v) is 5.93. The van der Waals surface area contributed by atoms with Crippen molar-refractivity contribution < 1.29 is 32.8 Å². The molecule has 1 fully saturated rings. The highest BCUT2D eigenvalue weighted by atomic mass is 35.5. The molecule has 1 amide bonds. The molecule has 1 aliphatic carbocycles. The molecule has 0 radical (unpaired) electrons. The molecule has 0 saturated heterocycles. The molecule has 35 heavy (non-hydrogen) atoms. The summed E-state index contributed by atoms with van der Waals surface area (Å²) in [7, 11) is 0. The van der Waals surface area contributed by atoms with Crippen LogP contribution < -0.4 is 5.32 Å². The molecule has 4 aromatic rings. The number of halogens is 2. The monoisotopic (exact) mass is 516 g/mol. The number of carboxylic acid groups (broad SMARTS) is 1. The van der Waals surface area contributed by atoms with Crippen molar-refractivity contribution >= 4 is 52.4 Å². The van der Waals surface area contributed by atoms with Gasteiger partial charge in [-0.25, -0.2) is 4.79 Å². The lowest BCUT2D eigenvalue weighted by Crippen LogP contribution is -2.19. The Balaban J connectivity index is 1.30. The number of oxazole rings is 2. The van der Waals surface area contributed by atoms with E-state index in [0.717, 1.165) is 0 Å². The molecule has 2 N–H and O–H groups in total. The molecule has 1 unspecified atom stereocenters. The average Bonchev–Trinajstić information content (AvgIpc) is 3.25. The summed E-state index contributed by atoms with van der Waals surface area (Å²) < 4.78 is 21.3. The largest absolute Gasteiger partial charge is 0.480 e. The Morgan fingerprint density at radius 2 is 1.91 bits per heavy atom. The molecule has 0 spiro atoms. The molecule has 0 aliphatic heterocycles. The van der Waals surface area contributed by atoms with Crippen LogP contribution in [0.2, 0.25) is 10.2 Å². The maximum Gasteiger partial charge on any atom is 0.412 e. The van der Waals surface area contributed by atoms with Gasteiger partial charge in [-0.2, -0.15) is 9.97 Å². The van der Waals surface area contributed by atoms with Crippen LogP contribution in [0.25, 0.3) is 11.4 Å². The first kappa shape index (κ1) is 22.8. The summed E-state index contributed by atoms with van der Waals surface area (Å²) in [5.74, 6) is 4.07. The molecule has 178 valence electrons. The molecular formula is C22H14Cl2N4O7. The predicted molar refractivity (Wildman–Crippen MR) is 120 cm³/mol. The number of carboxylic acids is 1. The summed E-state index contributed by atoms with van der Waals surface area (Å²) in [5.41, 5.74) is -0.472. The first-order valence-electron chi connectivity index (χ1n) is 10.2. The summed E-state index contributed by atoms with van der Waals surface area (Å²) in [4.78, 5) is 31.9. The average molecular weight is 517 g/mol. The van der Waals surface area contributed by atoms with Gasteiger partial charge in [0, 0.05) is 16.5 Å². The van der Waals surface area contributed by atoms with Gasteiger partial charge in [0.15, 0.2) is 5.15 Å². The quantitative estimate of drug-likeness (QED) is 0.348. The van der Waals surface area contributed by atoms with Crippen molar-refractivity contribution in [3.8, 4) is 11.8 Å². The number of aromatic nitrogens is 3. The molecule has 1 atom stereocenters. The first-order valence-corrected chi connectivity index (χ1v) is 10.9. The number of rotatable bonds is 5. The number of amides is 1. The van der Waals surface area contributed by atoms with E-state index in [2.05, 4.69) is 32.3 Å². The second kappa shape index (κ2) is 8.65. The van der Waals surface area contributed by atoms with Gasteiger partial charge in [-0.15, -0.1) is 0 Å². The summed E-state index contributed by atoms with van der Waals surface area (Å²) in [6.45, 7) is 1.66. The zero-order valence-corrected chi connectivity index (χ0v) is 19.3. The normalized spacial score (nSPS) is 14.7. The van der Waals surface area contributed by atoms with Crippen LogP contribution in [0.1, 0.15) is 49.0 Å². The van der Waals surface area contributed by atoms with Gasteiger partial charge in [0.25, 0.3) is 17.3 Å². The van der Waals surface area contributed by atoms with E-state index >= 15 is 0 Å². The molecule has 5 rings (SSSR count). The van der Waals surface area contributed by atoms with E-state index in [9.17, 15) is 14.7 Å². The van der Waals surface area contributed by atoms with E-state index in [4.69, 9.17) is 41.3 Å². The van der Waals surface area contributed by atoms with E-state index in [-0.39, 0.29) is 39.8 Å². The third kappa shape index (κ3) is 4.29. The van der Waals surface area contributed by atoms with Gasteiger partial charge in [0.1, 0.15) is 17.2 Å². The molecule has 0 bridgehead atoms. The molecule has 13 heteroatoms. The van der Waals surface area contributed by atoms with E-state index in [0.29, 0.717) is 23.4 Å². The van der Waals surface area contributed by atoms with Crippen LogP contribution >= 0.6 is 23.2 Å². The van der Waals surface area contributed by atoms with Crippen molar-refractivity contribution in [3.05, 3.63) is 57.5 Å². The smallest absolute Gasteiger partial charge is 0.412 e. The molecule has 3 aromatic heterocycles. The van der Waals surface area contributed by atoms with Gasteiger partial charge in [-0.3, -0.25) is 10.1 Å². The summed E-state index contributed by atoms with van der Waals surface area (Å²) in [6, 6.07) is 6.96. The van der Waals surface area contributed by atoms with Gasteiger partial charge in [-0.05, 0) is 31.8 Å². The number of anilines is 1. The van der Waals surface area contributed by atoms with Crippen molar-refractivity contribution in [2.45, 2.75) is 31.3 Å². The highest BCUT2D eigenvalue weighted by Gasteiger charge is 2.56. The molecule has 1 saturated carbocycles. The Kier molecular flexibility index (Phi) is 5.62. The number of ether oxygens (including phenoxy) is 1. The molecule has 11 nitrogen and oxygen atoms in total. The van der Waals surface area contributed by atoms with Gasteiger partial charge in [0.05, 0.1) is 0 Å². The van der Waals surface area contributed by atoms with Crippen LogP contribution in [0.3, 0.4) is 0 Å². The highest BCUT2D eigenvalue weighted by molar-refractivity contribution is 6.32. The molecule has 1 aliphatic rings. The number of fused-ring (bicyclic) bond motifs is 1. The topological polar surface area (TPSA) is 154 Å². The number of carbonyl (C=O) groups is 2. The minimum atomic E-state index is -1.12. The van der Waals surface area contributed by atoms with Gasteiger partial charge < -0.3 is 23.2 Å². The number of nitrogens with zero attached hydrogens (tertiary/aromatic N) is 3. The maximum absolute atomic E-state index is 12.4. The summed E-state index contributed by atoms with van der Waals surface area (Å²) in [5, 5.41) is 15.7. The molecular weight excluding hydrogens is 503 g/mol. The van der Waals surface area contributed by atoms with E-state index < -0.39 is 23.6 Å². The summed E-state index contributed by atoms with van der Waals surface area (Å²) in [6.07, 6.45) is -0.615. The summed E-state index contributed by atoms with van der Waals surface area (Å²) >= 11 is 12.1. The SMILES string of the molecule is CC(OC(=O)Nc1c(Cl)noc1C#Cc1nc2oc(C3(C(=O)O)CC3)nc2o1)c1ccccc1Cl. The van der Waals surface area contributed by atoms with Crippen LogP contribution in [0.15, 0.2) is 37.6 Å².